The van der Waals surface area contributed by atoms with Gasteiger partial charge in [-0.3, -0.25) is 0 Å². The van der Waals surface area contributed by atoms with E-state index >= 15 is 0 Å². The molecule has 6 nitrogen and oxygen atoms in total. The molecule has 1 heterocycles. The molecule has 1 aliphatic rings. The van der Waals surface area contributed by atoms with Crippen LogP contribution in [0.2, 0.25) is 0 Å². The van der Waals surface area contributed by atoms with E-state index in [1.807, 2.05) is 30.3 Å². The molecule has 2 rings (SSSR count). The topological polar surface area (TPSA) is 78.3 Å². The van der Waals surface area contributed by atoms with Crippen LogP contribution in [0, 0.1) is 0 Å². The first kappa shape index (κ1) is 14.1. The summed E-state index contributed by atoms with van der Waals surface area (Å²) in [6, 6.07) is 8.46. The highest BCUT2D eigenvalue weighted by atomic mass is 19.1. The van der Waals surface area contributed by atoms with Gasteiger partial charge >= 0.3 is 6.09 Å². The Bertz CT molecular complexity index is 504. The number of rotatable bonds is 3. The van der Waals surface area contributed by atoms with Gasteiger partial charge in [0, 0.05) is 18.0 Å². The van der Waals surface area contributed by atoms with E-state index in [1.54, 1.807) is 0 Å². The van der Waals surface area contributed by atoms with Crippen molar-refractivity contribution in [2.24, 2.45) is 5.11 Å². The molecule has 0 spiro atoms. The van der Waals surface area contributed by atoms with Crippen LogP contribution in [0.1, 0.15) is 12.0 Å². The van der Waals surface area contributed by atoms with Crippen molar-refractivity contribution in [1.29, 1.82) is 0 Å². The van der Waals surface area contributed by atoms with E-state index in [9.17, 15) is 9.18 Å². The molecule has 0 aliphatic carbocycles. The zero-order chi connectivity index (χ0) is 14.4. The van der Waals surface area contributed by atoms with Crippen LogP contribution in [0.4, 0.5) is 9.18 Å². The van der Waals surface area contributed by atoms with Crippen molar-refractivity contribution in [3.05, 3.63) is 46.3 Å². The van der Waals surface area contributed by atoms with Crippen LogP contribution in [-0.4, -0.2) is 36.3 Å². The highest BCUT2D eigenvalue weighted by Gasteiger charge is 2.31. The summed E-state index contributed by atoms with van der Waals surface area (Å²) < 4.78 is 18.6. The summed E-state index contributed by atoms with van der Waals surface area (Å²) >= 11 is 0. The number of carbonyl (C=O) groups excluding carboxylic acids is 1. The summed E-state index contributed by atoms with van der Waals surface area (Å²) in [5, 5.41) is 3.37. The third kappa shape index (κ3) is 3.61. The Morgan fingerprint density at radius 3 is 2.95 bits per heavy atom. The first-order valence-corrected chi connectivity index (χ1v) is 6.34. The Labute approximate surface area is 115 Å². The number of alkyl halides is 1. The molecule has 1 aromatic carbocycles. The summed E-state index contributed by atoms with van der Waals surface area (Å²) in [6.07, 6.45) is -1.56. The molecule has 20 heavy (non-hydrogen) atoms. The fourth-order valence-corrected chi connectivity index (χ4v) is 2.05. The molecule has 0 N–H and O–H groups in total. The average molecular weight is 278 g/mol. The van der Waals surface area contributed by atoms with Crippen LogP contribution in [0.5, 0.6) is 0 Å². The Kier molecular flexibility index (Phi) is 4.79. The molecule has 0 radical (unpaired) electrons. The van der Waals surface area contributed by atoms with Gasteiger partial charge in [-0.1, -0.05) is 35.4 Å². The van der Waals surface area contributed by atoms with Crippen molar-refractivity contribution >= 4 is 6.09 Å². The summed E-state index contributed by atoms with van der Waals surface area (Å²) in [7, 11) is 0. The number of ether oxygens (including phenoxy) is 1. The van der Waals surface area contributed by atoms with Crippen LogP contribution >= 0.6 is 0 Å². The fourth-order valence-electron chi connectivity index (χ4n) is 2.05. The molecule has 1 saturated heterocycles. The van der Waals surface area contributed by atoms with Crippen LogP contribution < -0.4 is 0 Å². The Morgan fingerprint density at radius 1 is 1.50 bits per heavy atom. The number of azide groups is 1. The van der Waals surface area contributed by atoms with Crippen molar-refractivity contribution < 1.29 is 13.9 Å². The van der Waals surface area contributed by atoms with Crippen LogP contribution in [-0.2, 0) is 11.3 Å². The van der Waals surface area contributed by atoms with Gasteiger partial charge in [-0.05, 0) is 17.5 Å². The minimum atomic E-state index is -1.20. The first-order valence-electron chi connectivity index (χ1n) is 6.34. The molecule has 1 fully saturated rings. The van der Waals surface area contributed by atoms with Gasteiger partial charge in [0.15, 0.2) is 0 Å². The Morgan fingerprint density at radius 2 is 2.25 bits per heavy atom. The molecule has 1 aromatic rings. The lowest BCUT2D eigenvalue weighted by Gasteiger charge is -2.32. The standard InChI is InChI=1S/C13H15FN4O2/c14-11-6-7-18(8-12(11)16-17-15)13(19)20-9-10-4-2-1-3-5-10/h1-5,11-12H,6-9H2/t11-,12?/m1/s1. The molecule has 0 bridgehead atoms. The van der Waals surface area contributed by atoms with Crippen molar-refractivity contribution in [2.75, 3.05) is 13.1 Å². The SMILES string of the molecule is [N-]=[N+]=NC1CN(C(=O)OCc2ccccc2)CC[C@H]1F. The molecule has 106 valence electrons. The van der Waals surface area contributed by atoms with Crippen molar-refractivity contribution in [1.82, 2.24) is 4.90 Å². The fraction of sp³-hybridized carbons (Fsp3) is 0.462. The van der Waals surface area contributed by atoms with Gasteiger partial charge in [0.1, 0.15) is 12.8 Å². The molecule has 1 amide bonds. The normalized spacial score (nSPS) is 21.9. The quantitative estimate of drug-likeness (QED) is 0.484. The third-order valence-corrected chi connectivity index (χ3v) is 3.16. The van der Waals surface area contributed by atoms with Crippen LogP contribution in [0.3, 0.4) is 0 Å². The van der Waals surface area contributed by atoms with Gasteiger partial charge in [0.2, 0.25) is 0 Å². The number of carbonyl (C=O) groups is 1. The van der Waals surface area contributed by atoms with E-state index in [-0.39, 0.29) is 26.1 Å². The smallest absolute Gasteiger partial charge is 0.410 e. The second-order valence-electron chi connectivity index (χ2n) is 4.56. The molecular formula is C13H15FN4O2. The van der Waals surface area contributed by atoms with Crippen LogP contribution in [0.15, 0.2) is 35.4 Å². The minimum Gasteiger partial charge on any atom is -0.445 e. The van der Waals surface area contributed by atoms with Gasteiger partial charge in [-0.25, -0.2) is 9.18 Å². The van der Waals surface area contributed by atoms with Gasteiger partial charge in [0.25, 0.3) is 0 Å². The van der Waals surface area contributed by atoms with Crippen LogP contribution in [0.25, 0.3) is 10.4 Å². The zero-order valence-electron chi connectivity index (χ0n) is 10.9. The third-order valence-electron chi connectivity index (χ3n) is 3.16. The summed E-state index contributed by atoms with van der Waals surface area (Å²) in [6.45, 7) is 0.493. The number of nitrogens with zero attached hydrogens (tertiary/aromatic N) is 4. The largest absolute Gasteiger partial charge is 0.445 e. The minimum absolute atomic E-state index is 0.0544. The number of amides is 1. The van der Waals surface area contributed by atoms with Gasteiger partial charge in [-0.2, -0.15) is 0 Å². The van der Waals surface area contributed by atoms with Gasteiger partial charge < -0.3 is 9.64 Å². The highest BCUT2D eigenvalue weighted by Crippen LogP contribution is 2.18. The highest BCUT2D eigenvalue weighted by molar-refractivity contribution is 5.67. The first-order chi connectivity index (χ1) is 9.70. The Hall–Kier alpha value is -2.27. The lowest BCUT2D eigenvalue weighted by molar-refractivity contribution is 0.0704. The van der Waals surface area contributed by atoms with Crippen molar-refractivity contribution in [2.45, 2.75) is 25.2 Å². The maximum absolute atomic E-state index is 13.5. The van der Waals surface area contributed by atoms with E-state index in [2.05, 4.69) is 10.0 Å². The molecule has 1 aliphatic heterocycles. The van der Waals surface area contributed by atoms with E-state index in [0.717, 1.165) is 5.56 Å². The van der Waals surface area contributed by atoms with Crippen molar-refractivity contribution in [3.8, 4) is 0 Å². The number of hydrogen-bond acceptors (Lipinski definition) is 3. The summed E-state index contributed by atoms with van der Waals surface area (Å²) in [5.41, 5.74) is 9.25. The van der Waals surface area contributed by atoms with Gasteiger partial charge in [-0.15, -0.1) is 0 Å². The van der Waals surface area contributed by atoms with Gasteiger partial charge in [0.05, 0.1) is 6.04 Å². The van der Waals surface area contributed by atoms with E-state index in [4.69, 9.17) is 10.3 Å². The lowest BCUT2D eigenvalue weighted by Crippen LogP contribution is -2.46. The summed E-state index contributed by atoms with van der Waals surface area (Å²) in [4.78, 5) is 15.9. The summed E-state index contributed by atoms with van der Waals surface area (Å²) in [5.74, 6) is 0. The second kappa shape index (κ2) is 6.77. The molecule has 1 unspecified atom stereocenters. The number of likely N-dealkylation sites (tertiary alicyclic amines) is 1. The number of benzene rings is 1. The average Bonchev–Trinajstić information content (AvgIpc) is 2.48. The van der Waals surface area contributed by atoms with E-state index in [0.29, 0.717) is 0 Å². The predicted molar refractivity (Wildman–Crippen MR) is 70.6 cm³/mol. The monoisotopic (exact) mass is 278 g/mol. The Balaban J connectivity index is 1.88. The molecule has 0 saturated carbocycles. The lowest BCUT2D eigenvalue weighted by atomic mass is 10.1. The molecule has 7 heteroatoms. The zero-order valence-corrected chi connectivity index (χ0v) is 10.9. The molecular weight excluding hydrogens is 263 g/mol. The second-order valence-corrected chi connectivity index (χ2v) is 4.56. The van der Waals surface area contributed by atoms with E-state index < -0.39 is 18.3 Å². The number of piperidine rings is 1. The maximum Gasteiger partial charge on any atom is 0.410 e. The maximum atomic E-state index is 13.5. The van der Waals surface area contributed by atoms with E-state index in [1.165, 1.54) is 4.90 Å². The molecule has 0 aromatic heterocycles. The molecule has 2 atom stereocenters. The predicted octanol–water partition coefficient (Wildman–Crippen LogP) is 3.05. The number of hydrogen-bond donors (Lipinski definition) is 0. The number of halogens is 1. The van der Waals surface area contributed by atoms with Crippen molar-refractivity contribution in [3.63, 3.8) is 0 Å².